The summed E-state index contributed by atoms with van der Waals surface area (Å²) >= 11 is 0. The van der Waals surface area contributed by atoms with E-state index < -0.39 is 10.0 Å². The molecule has 0 unspecified atom stereocenters. The van der Waals surface area contributed by atoms with Crippen LogP contribution in [0.25, 0.3) is 11.5 Å². The van der Waals surface area contributed by atoms with Gasteiger partial charge in [0, 0.05) is 36.5 Å². The molecule has 0 fully saturated rings. The Bertz CT molecular complexity index is 1450. The summed E-state index contributed by atoms with van der Waals surface area (Å²) in [5.74, 6) is 1.56. The fraction of sp³-hybridized carbons (Fsp3) is 0. The molecule has 3 heterocycles. The van der Waals surface area contributed by atoms with Gasteiger partial charge in [-0.25, -0.2) is 23.1 Å². The molecule has 0 spiro atoms. The zero-order valence-corrected chi connectivity index (χ0v) is 18.0. The van der Waals surface area contributed by atoms with E-state index in [9.17, 15) is 8.42 Å². The molecule has 0 atom stereocenters. The minimum atomic E-state index is -3.75. The lowest BCUT2D eigenvalue weighted by atomic mass is 10.3. The van der Waals surface area contributed by atoms with E-state index in [2.05, 4.69) is 19.8 Å². The second kappa shape index (κ2) is 8.60. The molecular weight excluding hydrogens is 440 g/mol. The first-order chi connectivity index (χ1) is 16.1. The summed E-state index contributed by atoms with van der Waals surface area (Å²) in [6, 6.07) is 20.3. The van der Waals surface area contributed by atoms with Crippen molar-refractivity contribution in [2.75, 3.05) is 4.72 Å². The maximum Gasteiger partial charge on any atom is 0.261 e. The molecule has 5 aromatic rings. The number of rotatable bonds is 7. The molecule has 164 valence electrons. The number of nitrogens with zero attached hydrogens (tertiary/aromatic N) is 5. The quantitative estimate of drug-likeness (QED) is 0.395. The van der Waals surface area contributed by atoms with E-state index in [1.54, 1.807) is 65.6 Å². The molecule has 0 aliphatic heterocycles. The summed E-state index contributed by atoms with van der Waals surface area (Å²) in [7, 11) is -3.75. The van der Waals surface area contributed by atoms with Gasteiger partial charge in [0.15, 0.2) is 0 Å². The normalized spacial score (nSPS) is 11.3. The van der Waals surface area contributed by atoms with Crippen molar-refractivity contribution in [3.05, 3.63) is 104 Å². The highest BCUT2D eigenvalue weighted by molar-refractivity contribution is 7.92. The molecule has 2 aromatic carbocycles. The van der Waals surface area contributed by atoms with Gasteiger partial charge in [0.1, 0.15) is 17.9 Å². The lowest BCUT2D eigenvalue weighted by molar-refractivity contribution is 0.461. The second-order valence-corrected chi connectivity index (χ2v) is 8.66. The number of aromatic nitrogens is 5. The van der Waals surface area contributed by atoms with Crippen molar-refractivity contribution in [3.8, 4) is 23.1 Å². The number of hydrogen-bond donors (Lipinski definition) is 1. The predicted octanol–water partition coefficient (Wildman–Crippen LogP) is 4.05. The minimum Gasteiger partial charge on any atom is -0.439 e. The van der Waals surface area contributed by atoms with Gasteiger partial charge in [-0.15, -0.1) is 0 Å². The highest BCUT2D eigenvalue weighted by atomic mass is 32.2. The summed E-state index contributed by atoms with van der Waals surface area (Å²) < 4.78 is 37.3. The maximum absolute atomic E-state index is 12.7. The van der Waals surface area contributed by atoms with Crippen molar-refractivity contribution in [3.63, 3.8) is 0 Å². The Morgan fingerprint density at radius 2 is 1.61 bits per heavy atom. The summed E-state index contributed by atoms with van der Waals surface area (Å²) in [6.45, 7) is 0. The van der Waals surface area contributed by atoms with Crippen molar-refractivity contribution in [2.45, 2.75) is 4.90 Å². The van der Waals surface area contributed by atoms with Crippen LogP contribution in [0.3, 0.4) is 0 Å². The molecular formula is C23H18N6O3S. The first-order valence-electron chi connectivity index (χ1n) is 9.93. The molecule has 33 heavy (non-hydrogen) atoms. The number of ether oxygens (including phenoxy) is 1. The van der Waals surface area contributed by atoms with E-state index in [-0.39, 0.29) is 4.90 Å². The smallest absolute Gasteiger partial charge is 0.261 e. The SMILES string of the molecule is O=S(=O)(Nc1ccc(Oc2cc(-n3cccc3)ncn2)cc1)c1ccc(-n2cccn2)cc1. The van der Waals surface area contributed by atoms with Gasteiger partial charge in [-0.3, -0.25) is 4.72 Å². The van der Waals surface area contributed by atoms with Crippen LogP contribution in [0.15, 0.2) is 109 Å². The summed E-state index contributed by atoms with van der Waals surface area (Å²) in [5, 5.41) is 4.13. The van der Waals surface area contributed by atoms with Gasteiger partial charge in [0.2, 0.25) is 5.88 Å². The Hall–Kier alpha value is -4.44. The molecule has 5 rings (SSSR count). The van der Waals surface area contributed by atoms with Crippen LogP contribution in [0, 0.1) is 0 Å². The van der Waals surface area contributed by atoms with Gasteiger partial charge in [0.25, 0.3) is 10.0 Å². The largest absolute Gasteiger partial charge is 0.439 e. The first kappa shape index (κ1) is 20.5. The maximum atomic E-state index is 12.7. The zero-order valence-electron chi connectivity index (χ0n) is 17.2. The van der Waals surface area contributed by atoms with Crippen LogP contribution in [0.2, 0.25) is 0 Å². The van der Waals surface area contributed by atoms with Crippen LogP contribution in [0.1, 0.15) is 0 Å². The van der Waals surface area contributed by atoms with Crippen LogP contribution in [0.5, 0.6) is 11.6 Å². The van der Waals surface area contributed by atoms with Crippen molar-refractivity contribution < 1.29 is 13.2 Å². The summed E-state index contributed by atoms with van der Waals surface area (Å²) in [5.41, 5.74) is 1.18. The average molecular weight is 459 g/mol. The van der Waals surface area contributed by atoms with Crippen LogP contribution in [-0.2, 0) is 10.0 Å². The number of nitrogens with one attached hydrogen (secondary N) is 1. The van der Waals surface area contributed by atoms with E-state index in [0.717, 1.165) is 5.69 Å². The van der Waals surface area contributed by atoms with Crippen LogP contribution in [0.4, 0.5) is 5.69 Å². The van der Waals surface area contributed by atoms with Crippen molar-refractivity contribution in [2.24, 2.45) is 0 Å². The van der Waals surface area contributed by atoms with E-state index >= 15 is 0 Å². The number of hydrogen-bond acceptors (Lipinski definition) is 6. The van der Waals surface area contributed by atoms with Crippen LogP contribution >= 0.6 is 0 Å². The third-order valence-corrected chi connectivity index (χ3v) is 6.14. The zero-order chi connectivity index (χ0) is 22.7. The van der Waals surface area contributed by atoms with Crippen molar-refractivity contribution in [1.82, 2.24) is 24.3 Å². The number of benzene rings is 2. The van der Waals surface area contributed by atoms with Gasteiger partial charge in [-0.05, 0) is 66.7 Å². The Kier molecular flexibility index (Phi) is 5.33. The number of sulfonamides is 1. The first-order valence-corrected chi connectivity index (χ1v) is 11.4. The average Bonchev–Trinajstić information content (AvgIpc) is 3.55. The van der Waals surface area contributed by atoms with Gasteiger partial charge in [-0.2, -0.15) is 5.10 Å². The molecule has 0 aliphatic carbocycles. The lowest BCUT2D eigenvalue weighted by Gasteiger charge is -2.10. The molecule has 0 saturated heterocycles. The molecule has 0 aliphatic rings. The molecule has 0 bridgehead atoms. The minimum absolute atomic E-state index is 0.150. The topological polar surface area (TPSA) is 104 Å². The Morgan fingerprint density at radius 1 is 0.848 bits per heavy atom. The highest BCUT2D eigenvalue weighted by Gasteiger charge is 2.14. The molecule has 3 aromatic heterocycles. The highest BCUT2D eigenvalue weighted by Crippen LogP contribution is 2.24. The predicted molar refractivity (Wildman–Crippen MR) is 122 cm³/mol. The van der Waals surface area contributed by atoms with Crippen LogP contribution < -0.4 is 9.46 Å². The summed E-state index contributed by atoms with van der Waals surface area (Å²) in [4.78, 5) is 8.49. The molecule has 0 amide bonds. The Labute approximate surface area is 190 Å². The molecule has 9 nitrogen and oxygen atoms in total. The Balaban J connectivity index is 1.27. The lowest BCUT2D eigenvalue weighted by Crippen LogP contribution is -2.13. The van der Waals surface area contributed by atoms with Crippen molar-refractivity contribution >= 4 is 15.7 Å². The Morgan fingerprint density at radius 3 is 2.30 bits per heavy atom. The van der Waals surface area contributed by atoms with E-state index in [4.69, 9.17) is 4.74 Å². The van der Waals surface area contributed by atoms with Gasteiger partial charge in [0.05, 0.1) is 10.6 Å². The standard InChI is InChI=1S/C23H18N6O3S/c30-33(31,21-10-6-19(7-11-21)29-15-3-12-26-29)27-18-4-8-20(9-5-18)32-23-16-22(24-17-25-23)28-13-1-2-14-28/h1-17,27H. The summed E-state index contributed by atoms with van der Waals surface area (Å²) in [6.07, 6.45) is 8.61. The van der Waals surface area contributed by atoms with Crippen molar-refractivity contribution in [1.29, 1.82) is 0 Å². The van der Waals surface area contributed by atoms with E-state index in [0.29, 0.717) is 23.1 Å². The number of anilines is 1. The fourth-order valence-electron chi connectivity index (χ4n) is 3.14. The van der Waals surface area contributed by atoms with Gasteiger partial charge < -0.3 is 9.30 Å². The second-order valence-electron chi connectivity index (χ2n) is 6.98. The molecule has 0 saturated carbocycles. The monoisotopic (exact) mass is 458 g/mol. The third-order valence-electron chi connectivity index (χ3n) is 4.74. The third kappa shape index (κ3) is 4.60. The molecule has 0 radical (unpaired) electrons. The van der Waals surface area contributed by atoms with Crippen LogP contribution in [-0.4, -0.2) is 32.7 Å². The van der Waals surface area contributed by atoms with E-state index in [1.807, 2.05) is 29.1 Å². The molecule has 1 N–H and O–H groups in total. The van der Waals surface area contributed by atoms with Gasteiger partial charge in [-0.1, -0.05) is 0 Å². The van der Waals surface area contributed by atoms with Gasteiger partial charge >= 0.3 is 0 Å². The fourth-order valence-corrected chi connectivity index (χ4v) is 4.20. The van der Waals surface area contributed by atoms with E-state index in [1.165, 1.54) is 18.5 Å². The molecule has 10 heteroatoms.